The molecule has 0 aliphatic carbocycles. The van der Waals surface area contributed by atoms with Gasteiger partial charge in [-0.05, 0) is 43.7 Å². The molecule has 0 atom stereocenters. The number of carboxylic acids is 1. The summed E-state index contributed by atoms with van der Waals surface area (Å²) >= 11 is 0. The van der Waals surface area contributed by atoms with E-state index in [9.17, 15) is 4.79 Å². The first kappa shape index (κ1) is 15.8. The van der Waals surface area contributed by atoms with Gasteiger partial charge in [-0.15, -0.1) is 0 Å². The van der Waals surface area contributed by atoms with E-state index in [1.54, 1.807) is 24.3 Å². The molecule has 4 heteroatoms. The van der Waals surface area contributed by atoms with Crippen LogP contribution in [0.5, 0.6) is 5.75 Å². The highest BCUT2D eigenvalue weighted by Gasteiger charge is 2.29. The Hall–Kier alpha value is -2.62. The van der Waals surface area contributed by atoms with Crippen LogP contribution in [0.1, 0.15) is 19.4 Å². The molecular formula is C18H19NO3. The van der Waals surface area contributed by atoms with Crippen molar-refractivity contribution in [3.63, 3.8) is 0 Å². The Labute approximate surface area is 130 Å². The first-order valence-corrected chi connectivity index (χ1v) is 7.06. The Bertz CT molecular complexity index is 646. The lowest BCUT2D eigenvalue weighted by atomic mass is 10.1. The maximum Gasteiger partial charge on any atom is 0.347 e. The molecule has 2 aromatic carbocycles. The molecule has 2 rings (SSSR count). The summed E-state index contributed by atoms with van der Waals surface area (Å²) in [7, 11) is 0. The molecule has 0 saturated heterocycles. The molecule has 22 heavy (non-hydrogen) atoms. The van der Waals surface area contributed by atoms with Crippen molar-refractivity contribution in [3.05, 3.63) is 60.2 Å². The zero-order chi connectivity index (χ0) is 16.0. The van der Waals surface area contributed by atoms with E-state index in [2.05, 4.69) is 17.1 Å². The minimum Gasteiger partial charge on any atom is -0.478 e. The van der Waals surface area contributed by atoms with Gasteiger partial charge in [-0.1, -0.05) is 30.3 Å². The molecule has 0 fully saturated rings. The topological polar surface area (TPSA) is 58.9 Å². The third kappa shape index (κ3) is 4.45. The standard InChI is InChI=1S/C18H19NO3/c1-18(2,17(20)21)22-16-10-8-15(9-11-16)19-13-12-14-6-4-3-5-7-14/h3-11,13H,12H2,1-2H3,(H,20,21). The molecule has 1 N–H and O–H groups in total. The summed E-state index contributed by atoms with van der Waals surface area (Å²) in [6.07, 6.45) is 2.62. The van der Waals surface area contributed by atoms with E-state index in [0.717, 1.165) is 12.1 Å². The van der Waals surface area contributed by atoms with Gasteiger partial charge in [0.2, 0.25) is 0 Å². The van der Waals surface area contributed by atoms with Crippen molar-refractivity contribution < 1.29 is 14.6 Å². The highest BCUT2D eigenvalue weighted by atomic mass is 16.5. The number of nitrogens with zero attached hydrogens (tertiary/aromatic N) is 1. The molecule has 0 aliphatic heterocycles. The van der Waals surface area contributed by atoms with E-state index in [4.69, 9.17) is 9.84 Å². The Morgan fingerprint density at radius 2 is 1.77 bits per heavy atom. The Balaban J connectivity index is 1.96. The maximum atomic E-state index is 11.0. The van der Waals surface area contributed by atoms with E-state index < -0.39 is 11.6 Å². The largest absolute Gasteiger partial charge is 0.478 e. The van der Waals surface area contributed by atoms with Crippen LogP contribution >= 0.6 is 0 Å². The van der Waals surface area contributed by atoms with E-state index in [0.29, 0.717) is 5.75 Å². The van der Waals surface area contributed by atoms with Crippen molar-refractivity contribution in [1.82, 2.24) is 0 Å². The molecule has 0 radical (unpaired) electrons. The van der Waals surface area contributed by atoms with E-state index in [-0.39, 0.29) is 0 Å². The number of aliphatic imine (C=N–C) groups is 1. The second-order valence-corrected chi connectivity index (χ2v) is 5.41. The predicted molar refractivity (Wildman–Crippen MR) is 87.1 cm³/mol. The summed E-state index contributed by atoms with van der Waals surface area (Å²) in [5, 5.41) is 9.03. The molecule has 0 unspecified atom stereocenters. The summed E-state index contributed by atoms with van der Waals surface area (Å²) in [5.74, 6) is -0.494. The van der Waals surface area contributed by atoms with Crippen LogP contribution in [-0.4, -0.2) is 22.9 Å². The molecule has 2 aromatic rings. The second-order valence-electron chi connectivity index (χ2n) is 5.41. The molecule has 114 valence electrons. The van der Waals surface area contributed by atoms with Crippen molar-refractivity contribution in [2.45, 2.75) is 25.9 Å². The van der Waals surface area contributed by atoms with Gasteiger partial charge in [-0.25, -0.2) is 4.79 Å². The average Bonchev–Trinajstić information content (AvgIpc) is 2.50. The summed E-state index contributed by atoms with van der Waals surface area (Å²) in [6.45, 7) is 3.03. The number of ether oxygens (including phenoxy) is 1. The average molecular weight is 297 g/mol. The molecule has 4 nitrogen and oxygen atoms in total. The number of hydrogen-bond donors (Lipinski definition) is 1. The van der Waals surface area contributed by atoms with E-state index in [1.165, 1.54) is 19.4 Å². The Morgan fingerprint density at radius 1 is 1.14 bits per heavy atom. The van der Waals surface area contributed by atoms with Crippen LogP contribution in [0.25, 0.3) is 0 Å². The highest BCUT2D eigenvalue weighted by molar-refractivity contribution is 5.76. The van der Waals surface area contributed by atoms with Crippen LogP contribution in [0.15, 0.2) is 59.6 Å². The summed E-state index contributed by atoms with van der Waals surface area (Å²) in [5.41, 5.74) is 0.754. The maximum absolute atomic E-state index is 11.0. The van der Waals surface area contributed by atoms with Crippen molar-refractivity contribution >= 4 is 17.9 Å². The molecular weight excluding hydrogens is 278 g/mol. The molecule has 0 saturated carbocycles. The van der Waals surface area contributed by atoms with Crippen LogP contribution in [0.3, 0.4) is 0 Å². The predicted octanol–water partition coefficient (Wildman–Crippen LogP) is 3.87. The third-order valence-electron chi connectivity index (χ3n) is 3.13. The summed E-state index contributed by atoms with van der Waals surface area (Å²) in [4.78, 5) is 15.4. The summed E-state index contributed by atoms with van der Waals surface area (Å²) < 4.78 is 5.44. The SMILES string of the molecule is CC(C)(Oc1ccc(N=CCc2ccccc2)cc1)C(=O)O. The van der Waals surface area contributed by atoms with Gasteiger partial charge < -0.3 is 9.84 Å². The van der Waals surface area contributed by atoms with Crippen LogP contribution in [0, 0.1) is 0 Å². The lowest BCUT2D eigenvalue weighted by molar-refractivity contribution is -0.152. The zero-order valence-electron chi connectivity index (χ0n) is 12.7. The minimum atomic E-state index is -1.25. The normalized spacial score (nSPS) is 11.5. The molecule has 0 amide bonds. The molecule has 0 heterocycles. The lowest BCUT2D eigenvalue weighted by Gasteiger charge is -2.21. The highest BCUT2D eigenvalue weighted by Crippen LogP contribution is 2.22. The van der Waals surface area contributed by atoms with Gasteiger partial charge in [-0.3, -0.25) is 4.99 Å². The Morgan fingerprint density at radius 3 is 2.36 bits per heavy atom. The third-order valence-corrected chi connectivity index (χ3v) is 3.13. The quantitative estimate of drug-likeness (QED) is 0.823. The smallest absolute Gasteiger partial charge is 0.347 e. The number of rotatable bonds is 6. The number of carboxylic acid groups (broad SMARTS) is 1. The fourth-order valence-electron chi connectivity index (χ4n) is 1.81. The Kier molecular flexibility index (Phi) is 4.94. The second kappa shape index (κ2) is 6.89. The van der Waals surface area contributed by atoms with Gasteiger partial charge in [0, 0.05) is 12.6 Å². The molecule has 0 spiro atoms. The van der Waals surface area contributed by atoms with Gasteiger partial charge in [-0.2, -0.15) is 0 Å². The van der Waals surface area contributed by atoms with E-state index >= 15 is 0 Å². The zero-order valence-corrected chi connectivity index (χ0v) is 12.7. The first-order chi connectivity index (χ1) is 10.5. The van der Waals surface area contributed by atoms with E-state index in [1.807, 2.05) is 24.4 Å². The van der Waals surface area contributed by atoms with Crippen molar-refractivity contribution in [2.75, 3.05) is 0 Å². The van der Waals surface area contributed by atoms with Crippen molar-refractivity contribution in [1.29, 1.82) is 0 Å². The summed E-state index contributed by atoms with van der Waals surface area (Å²) in [6, 6.07) is 17.1. The van der Waals surface area contributed by atoms with Gasteiger partial charge in [0.25, 0.3) is 0 Å². The van der Waals surface area contributed by atoms with Crippen molar-refractivity contribution in [2.24, 2.45) is 4.99 Å². The van der Waals surface area contributed by atoms with Crippen LogP contribution in [0.2, 0.25) is 0 Å². The number of benzene rings is 2. The van der Waals surface area contributed by atoms with Gasteiger partial charge >= 0.3 is 5.97 Å². The lowest BCUT2D eigenvalue weighted by Crippen LogP contribution is -2.37. The van der Waals surface area contributed by atoms with Gasteiger partial charge in [0.1, 0.15) is 5.75 Å². The van der Waals surface area contributed by atoms with Crippen molar-refractivity contribution in [3.8, 4) is 5.75 Å². The number of aliphatic carboxylic acids is 1. The molecule has 0 aromatic heterocycles. The number of hydrogen-bond acceptors (Lipinski definition) is 3. The number of carbonyl (C=O) groups is 1. The van der Waals surface area contributed by atoms with Crippen LogP contribution in [0.4, 0.5) is 5.69 Å². The first-order valence-electron chi connectivity index (χ1n) is 7.06. The molecule has 0 bridgehead atoms. The van der Waals surface area contributed by atoms with Gasteiger partial charge in [0.05, 0.1) is 5.69 Å². The monoisotopic (exact) mass is 297 g/mol. The fourth-order valence-corrected chi connectivity index (χ4v) is 1.81. The van der Waals surface area contributed by atoms with Crippen LogP contribution in [-0.2, 0) is 11.2 Å². The minimum absolute atomic E-state index is 0.509. The van der Waals surface area contributed by atoms with Gasteiger partial charge in [0.15, 0.2) is 5.60 Å². The van der Waals surface area contributed by atoms with Crippen LogP contribution < -0.4 is 4.74 Å². The fraction of sp³-hybridized carbons (Fsp3) is 0.222. The molecule has 0 aliphatic rings.